The first-order valence-electron chi connectivity index (χ1n) is 5.24. The van der Waals surface area contributed by atoms with Gasteiger partial charge in [-0.15, -0.1) is 0 Å². The number of hydrogen-bond acceptors (Lipinski definition) is 3. The Morgan fingerprint density at radius 3 is 2.93 bits per heavy atom. The van der Waals surface area contributed by atoms with Gasteiger partial charge in [0.2, 0.25) is 0 Å². The molecule has 0 radical (unpaired) electrons. The zero-order valence-corrected chi connectivity index (χ0v) is 8.83. The van der Waals surface area contributed by atoms with Gasteiger partial charge in [-0.2, -0.15) is 5.26 Å². The van der Waals surface area contributed by atoms with E-state index in [1.807, 2.05) is 12.1 Å². The van der Waals surface area contributed by atoms with Crippen molar-refractivity contribution in [1.29, 1.82) is 5.26 Å². The summed E-state index contributed by atoms with van der Waals surface area (Å²) in [5.74, 6) is 1.65. The zero-order chi connectivity index (χ0) is 10.8. The lowest BCUT2D eigenvalue weighted by Crippen LogP contribution is -2.04. The predicted molar refractivity (Wildman–Crippen MR) is 61.3 cm³/mol. The minimum atomic E-state index is 0.544. The number of nitriles is 1. The SMILES string of the molecule is CC1CC1CNc1ccc(N)c(C#N)c1. The summed E-state index contributed by atoms with van der Waals surface area (Å²) in [4.78, 5) is 0. The molecule has 78 valence electrons. The molecule has 2 atom stereocenters. The van der Waals surface area contributed by atoms with Crippen LogP contribution in [0.3, 0.4) is 0 Å². The molecule has 0 heterocycles. The fraction of sp³-hybridized carbons (Fsp3) is 0.417. The summed E-state index contributed by atoms with van der Waals surface area (Å²) in [5.41, 5.74) is 7.72. The summed E-state index contributed by atoms with van der Waals surface area (Å²) < 4.78 is 0. The Balaban J connectivity index is 2.00. The molecule has 0 bridgehead atoms. The minimum absolute atomic E-state index is 0.544. The maximum absolute atomic E-state index is 8.82. The highest BCUT2D eigenvalue weighted by atomic mass is 14.9. The Morgan fingerprint density at radius 2 is 2.33 bits per heavy atom. The molecule has 15 heavy (non-hydrogen) atoms. The number of nitrogen functional groups attached to an aromatic ring is 1. The first kappa shape index (κ1) is 9.85. The van der Waals surface area contributed by atoms with Gasteiger partial charge in [-0.1, -0.05) is 6.92 Å². The number of benzene rings is 1. The van der Waals surface area contributed by atoms with Gasteiger partial charge >= 0.3 is 0 Å². The summed E-state index contributed by atoms with van der Waals surface area (Å²) in [5, 5.41) is 12.1. The van der Waals surface area contributed by atoms with E-state index in [1.54, 1.807) is 6.07 Å². The van der Waals surface area contributed by atoms with Gasteiger partial charge in [0.1, 0.15) is 6.07 Å². The van der Waals surface area contributed by atoms with E-state index >= 15 is 0 Å². The molecule has 1 aromatic rings. The molecule has 1 aliphatic rings. The molecule has 0 amide bonds. The van der Waals surface area contributed by atoms with Crippen LogP contribution in [-0.4, -0.2) is 6.54 Å². The third kappa shape index (κ3) is 2.21. The molecule has 2 rings (SSSR count). The van der Waals surface area contributed by atoms with Crippen molar-refractivity contribution < 1.29 is 0 Å². The second kappa shape index (κ2) is 3.82. The van der Waals surface area contributed by atoms with Gasteiger partial charge in [-0.25, -0.2) is 0 Å². The third-order valence-electron chi connectivity index (χ3n) is 3.02. The van der Waals surface area contributed by atoms with E-state index in [2.05, 4.69) is 18.3 Å². The lowest BCUT2D eigenvalue weighted by atomic mass is 10.1. The van der Waals surface area contributed by atoms with E-state index in [1.165, 1.54) is 6.42 Å². The molecule has 3 heteroatoms. The molecule has 3 N–H and O–H groups in total. The highest BCUT2D eigenvalue weighted by molar-refractivity contribution is 5.61. The van der Waals surface area contributed by atoms with Crippen molar-refractivity contribution in [3.05, 3.63) is 23.8 Å². The summed E-state index contributed by atoms with van der Waals surface area (Å²) in [7, 11) is 0. The lowest BCUT2D eigenvalue weighted by molar-refractivity contribution is 0.787. The van der Waals surface area contributed by atoms with Crippen LogP contribution >= 0.6 is 0 Å². The van der Waals surface area contributed by atoms with E-state index in [0.717, 1.165) is 24.1 Å². The first-order valence-corrected chi connectivity index (χ1v) is 5.24. The van der Waals surface area contributed by atoms with Crippen LogP contribution in [0.2, 0.25) is 0 Å². The Kier molecular flexibility index (Phi) is 2.51. The molecule has 0 aliphatic heterocycles. The van der Waals surface area contributed by atoms with Gasteiger partial charge in [-0.3, -0.25) is 0 Å². The van der Waals surface area contributed by atoms with Crippen LogP contribution in [0.25, 0.3) is 0 Å². The van der Waals surface area contributed by atoms with E-state index in [4.69, 9.17) is 11.0 Å². The quantitative estimate of drug-likeness (QED) is 0.737. The molecular formula is C12H15N3. The maximum atomic E-state index is 8.82. The van der Waals surface area contributed by atoms with Crippen LogP contribution in [-0.2, 0) is 0 Å². The second-order valence-electron chi connectivity index (χ2n) is 4.27. The van der Waals surface area contributed by atoms with Gasteiger partial charge in [0.05, 0.1) is 5.56 Å². The molecule has 1 fully saturated rings. The van der Waals surface area contributed by atoms with Crippen LogP contribution < -0.4 is 11.1 Å². The monoisotopic (exact) mass is 201 g/mol. The van der Waals surface area contributed by atoms with E-state index in [0.29, 0.717) is 11.3 Å². The number of nitrogens with zero attached hydrogens (tertiary/aromatic N) is 1. The van der Waals surface area contributed by atoms with Gasteiger partial charge in [0, 0.05) is 17.9 Å². The molecule has 1 saturated carbocycles. The Bertz CT molecular complexity index is 406. The van der Waals surface area contributed by atoms with Crippen molar-refractivity contribution in [2.45, 2.75) is 13.3 Å². The minimum Gasteiger partial charge on any atom is -0.398 e. The van der Waals surface area contributed by atoms with E-state index in [9.17, 15) is 0 Å². The predicted octanol–water partition coefficient (Wildman–Crippen LogP) is 2.21. The highest BCUT2D eigenvalue weighted by Crippen LogP contribution is 2.37. The van der Waals surface area contributed by atoms with Crippen LogP contribution in [0.15, 0.2) is 18.2 Å². The molecular weight excluding hydrogens is 186 g/mol. The molecule has 1 aromatic carbocycles. The average molecular weight is 201 g/mol. The largest absolute Gasteiger partial charge is 0.398 e. The summed E-state index contributed by atoms with van der Waals surface area (Å²) in [6.07, 6.45) is 1.31. The van der Waals surface area contributed by atoms with E-state index < -0.39 is 0 Å². The normalized spacial score (nSPS) is 23.2. The summed E-state index contributed by atoms with van der Waals surface area (Å²) in [6, 6.07) is 7.59. The third-order valence-corrected chi connectivity index (χ3v) is 3.02. The second-order valence-corrected chi connectivity index (χ2v) is 4.27. The Labute approximate surface area is 89.9 Å². The molecule has 2 unspecified atom stereocenters. The molecule has 0 saturated heterocycles. The van der Waals surface area contributed by atoms with Crippen LogP contribution in [0.4, 0.5) is 11.4 Å². The van der Waals surface area contributed by atoms with Crippen molar-refractivity contribution in [2.75, 3.05) is 17.6 Å². The van der Waals surface area contributed by atoms with Gasteiger partial charge in [-0.05, 0) is 36.5 Å². The van der Waals surface area contributed by atoms with Crippen molar-refractivity contribution in [2.24, 2.45) is 11.8 Å². The standard InChI is InChI=1S/C12H15N3/c1-8-4-10(8)7-15-11-2-3-12(14)9(5-11)6-13/h2-3,5,8,10,15H,4,7,14H2,1H3. The zero-order valence-electron chi connectivity index (χ0n) is 8.83. The van der Waals surface area contributed by atoms with Gasteiger partial charge in [0.15, 0.2) is 0 Å². The van der Waals surface area contributed by atoms with Crippen LogP contribution in [0, 0.1) is 23.2 Å². The number of nitrogens with one attached hydrogen (secondary N) is 1. The smallest absolute Gasteiger partial charge is 0.101 e. The van der Waals surface area contributed by atoms with E-state index in [-0.39, 0.29) is 0 Å². The maximum Gasteiger partial charge on any atom is 0.101 e. The number of nitrogens with two attached hydrogens (primary N) is 1. The van der Waals surface area contributed by atoms with Crippen molar-refractivity contribution >= 4 is 11.4 Å². The number of hydrogen-bond donors (Lipinski definition) is 2. The van der Waals surface area contributed by atoms with Crippen molar-refractivity contribution in [1.82, 2.24) is 0 Å². The summed E-state index contributed by atoms with van der Waals surface area (Å²) in [6.45, 7) is 3.26. The Hall–Kier alpha value is -1.69. The first-order chi connectivity index (χ1) is 7.20. The summed E-state index contributed by atoms with van der Waals surface area (Å²) >= 11 is 0. The number of rotatable bonds is 3. The fourth-order valence-corrected chi connectivity index (χ4v) is 1.70. The fourth-order valence-electron chi connectivity index (χ4n) is 1.70. The number of anilines is 2. The van der Waals surface area contributed by atoms with Crippen LogP contribution in [0.5, 0.6) is 0 Å². The van der Waals surface area contributed by atoms with Gasteiger partial charge in [0.25, 0.3) is 0 Å². The molecule has 0 aromatic heterocycles. The average Bonchev–Trinajstić information content (AvgIpc) is 2.93. The lowest BCUT2D eigenvalue weighted by Gasteiger charge is -2.06. The Morgan fingerprint density at radius 1 is 1.60 bits per heavy atom. The topological polar surface area (TPSA) is 61.8 Å². The molecule has 1 aliphatic carbocycles. The molecule has 0 spiro atoms. The molecule has 3 nitrogen and oxygen atoms in total. The van der Waals surface area contributed by atoms with Crippen LogP contribution in [0.1, 0.15) is 18.9 Å². The van der Waals surface area contributed by atoms with Crippen molar-refractivity contribution in [3.8, 4) is 6.07 Å². The highest BCUT2D eigenvalue weighted by Gasteiger charge is 2.31. The van der Waals surface area contributed by atoms with Gasteiger partial charge < -0.3 is 11.1 Å². The van der Waals surface area contributed by atoms with Crippen molar-refractivity contribution in [3.63, 3.8) is 0 Å².